The zero-order valence-corrected chi connectivity index (χ0v) is 24.2. The molecule has 0 aliphatic carbocycles. The number of carbonyl (C=O) groups excluding carboxylic acids is 3. The van der Waals surface area contributed by atoms with Crippen molar-refractivity contribution < 1.29 is 24.2 Å². The second-order valence-electron chi connectivity index (χ2n) is 12.2. The summed E-state index contributed by atoms with van der Waals surface area (Å²) >= 11 is 0. The topological polar surface area (TPSA) is 108 Å². The minimum Gasteiger partial charge on any atom is -0.394 e. The minimum absolute atomic E-state index is 0.303. The number of para-hydroxylation sites is 1. The number of aryl methyl sites for hydroxylation is 2. The number of aliphatic hydroxyl groups is 1. The highest BCUT2D eigenvalue weighted by Gasteiger charge is 2.78. The summed E-state index contributed by atoms with van der Waals surface area (Å²) in [4.78, 5) is 44.3. The van der Waals surface area contributed by atoms with Crippen LogP contribution in [0.4, 0.5) is 11.4 Å². The molecule has 3 fully saturated rings. The minimum atomic E-state index is -1.20. The average molecular weight is 568 g/mol. The monoisotopic (exact) mass is 567 g/mol. The lowest BCUT2D eigenvalue weighted by Gasteiger charge is -2.37. The van der Waals surface area contributed by atoms with Crippen molar-refractivity contribution in [1.82, 2.24) is 4.90 Å². The van der Waals surface area contributed by atoms with Gasteiger partial charge in [0.2, 0.25) is 17.7 Å². The van der Waals surface area contributed by atoms with Crippen LogP contribution in [0, 0.1) is 25.7 Å². The zero-order valence-electron chi connectivity index (χ0n) is 24.2. The molecule has 6 atom stereocenters. The first kappa shape index (κ1) is 28.1. The van der Waals surface area contributed by atoms with Crippen molar-refractivity contribution >= 4 is 29.1 Å². The van der Waals surface area contributed by atoms with E-state index in [-0.39, 0.29) is 24.3 Å². The van der Waals surface area contributed by atoms with Crippen LogP contribution in [0.3, 0.4) is 0 Å². The Morgan fingerprint density at radius 1 is 0.976 bits per heavy atom. The Bertz CT molecular complexity index is 1510. The highest BCUT2D eigenvalue weighted by atomic mass is 16.5. The lowest BCUT2D eigenvalue weighted by molar-refractivity contribution is -0.146. The fourth-order valence-electron chi connectivity index (χ4n) is 7.41. The quantitative estimate of drug-likeness (QED) is 0.377. The molecular formula is C34H37N3O5. The number of carbonyl (C=O) groups is 3. The number of hydrogen-bond acceptors (Lipinski definition) is 5. The Morgan fingerprint density at radius 3 is 2.36 bits per heavy atom. The summed E-state index contributed by atoms with van der Waals surface area (Å²) in [6, 6.07) is 22.9. The summed E-state index contributed by atoms with van der Waals surface area (Å²) in [6.07, 6.45) is 1.35. The molecule has 3 aliphatic rings. The van der Waals surface area contributed by atoms with Gasteiger partial charge in [-0.05, 0) is 74.9 Å². The van der Waals surface area contributed by atoms with Crippen molar-refractivity contribution in [3.05, 3.63) is 95.6 Å². The van der Waals surface area contributed by atoms with Gasteiger partial charge in [0.1, 0.15) is 11.6 Å². The molecule has 8 nitrogen and oxygen atoms in total. The number of fused-ring (bicyclic) bond motifs is 1. The third kappa shape index (κ3) is 4.59. The van der Waals surface area contributed by atoms with Crippen LogP contribution in [0.5, 0.6) is 0 Å². The lowest BCUT2D eigenvalue weighted by atomic mass is 9.66. The predicted molar refractivity (Wildman–Crippen MR) is 160 cm³/mol. The van der Waals surface area contributed by atoms with Crippen LogP contribution in [0.15, 0.2) is 78.9 Å². The molecule has 0 aromatic heterocycles. The smallest absolute Gasteiger partial charge is 0.250 e. The molecule has 3 aromatic rings. The number of benzene rings is 3. The van der Waals surface area contributed by atoms with Crippen LogP contribution in [0.1, 0.15) is 36.5 Å². The third-order valence-electron chi connectivity index (χ3n) is 9.36. The lowest BCUT2D eigenvalue weighted by Crippen LogP contribution is -2.57. The number of aliphatic hydroxyl groups excluding tert-OH is 1. The summed E-state index contributed by atoms with van der Waals surface area (Å²) in [5.74, 6) is -2.67. The first-order chi connectivity index (χ1) is 20.2. The Balaban J connectivity index is 1.41. The summed E-state index contributed by atoms with van der Waals surface area (Å²) in [5, 5.41) is 16.7. The van der Waals surface area contributed by atoms with Gasteiger partial charge in [-0.2, -0.15) is 0 Å². The molecule has 218 valence electrons. The number of hydrogen-bond donors (Lipinski definition) is 3. The highest BCUT2D eigenvalue weighted by Crippen LogP contribution is 2.63. The molecule has 3 heterocycles. The molecule has 3 saturated heterocycles. The SMILES string of the molecule is Cc1ccc(C)c(NC(=O)C2N([C@@H](CO)Cc3ccccc3)C(=O)[C@@H]3[C@H](C(=O)Nc4ccccc4)[C@]4(C)CCC23O4)c1. The molecule has 42 heavy (non-hydrogen) atoms. The maximum Gasteiger partial charge on any atom is 0.250 e. The standard InChI is InChI=1S/C34H37N3O5/c1-21-14-15-22(2)26(18-21)36-31(40)29-34-17-16-33(3,42-34)27(30(39)35-24-12-8-5-9-13-24)28(34)32(41)37(29)25(20-38)19-23-10-6-4-7-11-23/h4-15,18,25,27-29,38H,16-17,19-20H2,1-3H3,(H,35,39)(H,36,40)/t25-,27-,28+,29?,33+,34?/m1/s1. The average Bonchev–Trinajstić information content (AvgIpc) is 3.55. The van der Waals surface area contributed by atoms with Crippen LogP contribution >= 0.6 is 0 Å². The second kappa shape index (κ2) is 10.7. The number of nitrogens with one attached hydrogen (secondary N) is 2. The Morgan fingerprint density at radius 2 is 1.67 bits per heavy atom. The van der Waals surface area contributed by atoms with Crippen molar-refractivity contribution in [3.63, 3.8) is 0 Å². The highest BCUT2D eigenvalue weighted by molar-refractivity contribution is 6.05. The van der Waals surface area contributed by atoms with Gasteiger partial charge in [0.05, 0.1) is 30.1 Å². The van der Waals surface area contributed by atoms with Gasteiger partial charge in [-0.1, -0.05) is 60.7 Å². The van der Waals surface area contributed by atoms with E-state index >= 15 is 0 Å². The molecule has 0 radical (unpaired) electrons. The molecule has 2 unspecified atom stereocenters. The molecular weight excluding hydrogens is 530 g/mol. The van der Waals surface area contributed by atoms with E-state index in [1.165, 1.54) is 4.90 Å². The molecule has 2 bridgehead atoms. The Kier molecular flexibility index (Phi) is 7.15. The van der Waals surface area contributed by atoms with E-state index in [1.54, 1.807) is 12.1 Å². The number of amides is 3. The predicted octanol–water partition coefficient (Wildman–Crippen LogP) is 4.25. The molecule has 1 spiro atoms. The zero-order chi connectivity index (χ0) is 29.6. The van der Waals surface area contributed by atoms with Gasteiger partial charge < -0.3 is 25.4 Å². The van der Waals surface area contributed by atoms with E-state index < -0.39 is 35.1 Å². The van der Waals surface area contributed by atoms with E-state index in [2.05, 4.69) is 10.6 Å². The van der Waals surface area contributed by atoms with E-state index in [4.69, 9.17) is 4.74 Å². The maximum atomic E-state index is 14.5. The van der Waals surface area contributed by atoms with Gasteiger partial charge in [0.15, 0.2) is 0 Å². The molecule has 0 saturated carbocycles. The van der Waals surface area contributed by atoms with Crippen molar-refractivity contribution in [1.29, 1.82) is 0 Å². The van der Waals surface area contributed by atoms with Crippen LogP contribution in [-0.2, 0) is 25.5 Å². The van der Waals surface area contributed by atoms with Crippen LogP contribution in [0.2, 0.25) is 0 Å². The fraction of sp³-hybridized carbons (Fsp3) is 0.382. The van der Waals surface area contributed by atoms with Crippen molar-refractivity contribution in [3.8, 4) is 0 Å². The van der Waals surface area contributed by atoms with E-state index in [9.17, 15) is 19.5 Å². The van der Waals surface area contributed by atoms with Crippen molar-refractivity contribution in [2.24, 2.45) is 11.8 Å². The van der Waals surface area contributed by atoms with Gasteiger partial charge >= 0.3 is 0 Å². The molecule has 3 N–H and O–H groups in total. The van der Waals surface area contributed by atoms with Gasteiger partial charge in [0.25, 0.3) is 0 Å². The first-order valence-corrected chi connectivity index (χ1v) is 14.6. The molecule has 6 rings (SSSR count). The summed E-state index contributed by atoms with van der Waals surface area (Å²) < 4.78 is 6.75. The number of ether oxygens (including phenoxy) is 1. The van der Waals surface area contributed by atoms with E-state index in [1.807, 2.05) is 87.5 Å². The summed E-state index contributed by atoms with van der Waals surface area (Å²) in [6.45, 7) is 5.41. The third-order valence-corrected chi connectivity index (χ3v) is 9.36. The normalized spacial score (nSPS) is 28.4. The Labute approximate surface area is 246 Å². The number of likely N-dealkylation sites (tertiary alicyclic amines) is 1. The number of anilines is 2. The Hall–Kier alpha value is -4.01. The molecule has 3 aromatic carbocycles. The van der Waals surface area contributed by atoms with Gasteiger partial charge in [0, 0.05) is 11.4 Å². The van der Waals surface area contributed by atoms with Crippen molar-refractivity contribution in [2.75, 3.05) is 17.2 Å². The maximum absolute atomic E-state index is 14.5. The summed E-state index contributed by atoms with van der Waals surface area (Å²) in [7, 11) is 0. The van der Waals surface area contributed by atoms with E-state index in [0.717, 1.165) is 16.7 Å². The number of rotatable bonds is 8. The summed E-state index contributed by atoms with van der Waals surface area (Å²) in [5.41, 5.74) is 2.01. The van der Waals surface area contributed by atoms with Crippen LogP contribution in [0.25, 0.3) is 0 Å². The first-order valence-electron chi connectivity index (χ1n) is 14.6. The largest absolute Gasteiger partial charge is 0.394 e. The van der Waals surface area contributed by atoms with Gasteiger partial charge in [-0.15, -0.1) is 0 Å². The fourth-order valence-corrected chi connectivity index (χ4v) is 7.41. The van der Waals surface area contributed by atoms with Gasteiger partial charge in [-0.25, -0.2) is 0 Å². The van der Waals surface area contributed by atoms with E-state index in [0.29, 0.717) is 30.6 Å². The van der Waals surface area contributed by atoms with Crippen LogP contribution in [-0.4, -0.2) is 57.6 Å². The molecule has 8 heteroatoms. The van der Waals surface area contributed by atoms with Gasteiger partial charge in [-0.3, -0.25) is 14.4 Å². The van der Waals surface area contributed by atoms with Crippen molar-refractivity contribution in [2.45, 2.75) is 63.3 Å². The number of nitrogens with zero attached hydrogens (tertiary/aromatic N) is 1. The molecule has 3 aliphatic heterocycles. The second-order valence-corrected chi connectivity index (χ2v) is 12.2. The molecule has 3 amide bonds. The van der Waals surface area contributed by atoms with Crippen LogP contribution < -0.4 is 10.6 Å².